The van der Waals surface area contributed by atoms with Gasteiger partial charge in [0.2, 0.25) is 5.91 Å². The van der Waals surface area contributed by atoms with Crippen LogP contribution in [0, 0.1) is 0 Å². The zero-order chi connectivity index (χ0) is 14.7. The average Bonchev–Trinajstić information content (AvgIpc) is 2.36. The van der Waals surface area contributed by atoms with E-state index in [1.165, 1.54) is 7.11 Å². The largest absolute Gasteiger partial charge is 0.480 e. The van der Waals surface area contributed by atoms with Crippen molar-refractivity contribution in [1.82, 2.24) is 16.0 Å². The highest BCUT2D eigenvalue weighted by atomic mass is 16.5. The second kappa shape index (κ2) is 10.1. The molecule has 3 amide bonds. The van der Waals surface area contributed by atoms with Gasteiger partial charge in [0.25, 0.3) is 0 Å². The molecular formula is C10H19N3O6. The molecule has 0 aliphatic carbocycles. The van der Waals surface area contributed by atoms with Gasteiger partial charge in [0.05, 0.1) is 13.2 Å². The fourth-order valence-electron chi connectivity index (χ4n) is 1.11. The summed E-state index contributed by atoms with van der Waals surface area (Å²) in [5, 5.41) is 24.2. The van der Waals surface area contributed by atoms with Crippen molar-refractivity contribution >= 4 is 17.9 Å². The van der Waals surface area contributed by atoms with Crippen molar-refractivity contribution in [2.75, 3.05) is 33.4 Å². The number of hydrogen-bond donors (Lipinski definition) is 5. The Morgan fingerprint density at radius 3 is 2.47 bits per heavy atom. The van der Waals surface area contributed by atoms with Gasteiger partial charge < -0.3 is 30.9 Å². The first kappa shape index (κ1) is 17.1. The van der Waals surface area contributed by atoms with Crippen LogP contribution in [0.3, 0.4) is 0 Å². The predicted molar refractivity (Wildman–Crippen MR) is 64.5 cm³/mol. The van der Waals surface area contributed by atoms with Crippen LogP contribution in [0.1, 0.15) is 6.42 Å². The highest BCUT2D eigenvalue weighted by molar-refractivity contribution is 5.86. The maximum atomic E-state index is 11.3. The van der Waals surface area contributed by atoms with Gasteiger partial charge in [-0.1, -0.05) is 0 Å². The van der Waals surface area contributed by atoms with E-state index in [0.29, 0.717) is 13.2 Å². The van der Waals surface area contributed by atoms with Crippen LogP contribution in [0.15, 0.2) is 0 Å². The molecule has 0 rings (SSSR count). The molecule has 0 saturated heterocycles. The van der Waals surface area contributed by atoms with E-state index >= 15 is 0 Å². The SMILES string of the molecule is COCCNC(=O)CNC(=O)N[C@@H](CCO)C(=O)O. The van der Waals surface area contributed by atoms with E-state index in [0.717, 1.165) is 0 Å². The molecule has 9 nitrogen and oxygen atoms in total. The minimum absolute atomic E-state index is 0.108. The van der Waals surface area contributed by atoms with E-state index in [1.807, 2.05) is 0 Å². The quantitative estimate of drug-likeness (QED) is 0.306. The van der Waals surface area contributed by atoms with E-state index in [9.17, 15) is 14.4 Å². The standard InChI is InChI=1S/C10H19N3O6/c1-19-5-3-11-8(15)6-12-10(18)13-7(2-4-14)9(16)17/h7,14H,2-6H2,1H3,(H,11,15)(H,16,17)(H2,12,13,18)/t7-/m0/s1. The summed E-state index contributed by atoms with van der Waals surface area (Å²) < 4.78 is 4.72. The molecule has 0 radical (unpaired) electrons. The Balaban J connectivity index is 3.90. The average molecular weight is 277 g/mol. The lowest BCUT2D eigenvalue weighted by atomic mass is 10.2. The van der Waals surface area contributed by atoms with Gasteiger partial charge >= 0.3 is 12.0 Å². The zero-order valence-electron chi connectivity index (χ0n) is 10.6. The molecule has 0 heterocycles. The third kappa shape index (κ3) is 8.80. The summed E-state index contributed by atoms with van der Waals surface area (Å²) in [6.45, 7) is 0.0339. The number of aliphatic hydroxyl groups excluding tert-OH is 1. The van der Waals surface area contributed by atoms with Crippen LogP contribution in [0.5, 0.6) is 0 Å². The van der Waals surface area contributed by atoms with E-state index in [4.69, 9.17) is 14.9 Å². The topological polar surface area (TPSA) is 137 Å². The molecule has 0 fully saturated rings. The second-order valence-electron chi connectivity index (χ2n) is 3.57. The number of rotatable bonds is 9. The van der Waals surface area contributed by atoms with Crippen LogP contribution in [-0.4, -0.2) is 67.6 Å². The van der Waals surface area contributed by atoms with E-state index in [1.54, 1.807) is 0 Å². The number of nitrogens with one attached hydrogen (secondary N) is 3. The van der Waals surface area contributed by atoms with Gasteiger partial charge in [-0.2, -0.15) is 0 Å². The van der Waals surface area contributed by atoms with Crippen LogP contribution in [0.4, 0.5) is 4.79 Å². The van der Waals surface area contributed by atoms with E-state index in [-0.39, 0.29) is 19.6 Å². The first-order valence-electron chi connectivity index (χ1n) is 5.65. The Hall–Kier alpha value is -1.87. The normalized spacial score (nSPS) is 11.5. The number of carbonyl (C=O) groups is 3. The molecule has 9 heteroatoms. The summed E-state index contributed by atoms with van der Waals surface area (Å²) in [7, 11) is 1.49. The molecule has 0 bridgehead atoms. The van der Waals surface area contributed by atoms with Gasteiger partial charge in [-0.3, -0.25) is 4.79 Å². The van der Waals surface area contributed by atoms with Crippen molar-refractivity contribution in [1.29, 1.82) is 0 Å². The molecule has 0 saturated carbocycles. The van der Waals surface area contributed by atoms with Crippen molar-refractivity contribution in [2.24, 2.45) is 0 Å². The molecule has 5 N–H and O–H groups in total. The predicted octanol–water partition coefficient (Wildman–Crippen LogP) is -2.12. The number of amides is 3. The van der Waals surface area contributed by atoms with E-state index in [2.05, 4.69) is 16.0 Å². The number of methoxy groups -OCH3 is 1. The monoisotopic (exact) mass is 277 g/mol. The van der Waals surface area contributed by atoms with Crippen molar-refractivity contribution in [3.05, 3.63) is 0 Å². The molecule has 0 aliphatic rings. The lowest BCUT2D eigenvalue weighted by molar-refractivity contribution is -0.139. The molecule has 0 aliphatic heterocycles. The Kier molecular flexibility index (Phi) is 9.10. The van der Waals surface area contributed by atoms with Gasteiger partial charge in [0.15, 0.2) is 0 Å². The van der Waals surface area contributed by atoms with E-state index < -0.39 is 23.9 Å². The molecule has 0 aromatic carbocycles. The van der Waals surface area contributed by atoms with Gasteiger partial charge in [-0.15, -0.1) is 0 Å². The summed E-state index contributed by atoms with van der Waals surface area (Å²) in [6, 6.07) is -1.98. The first-order valence-corrected chi connectivity index (χ1v) is 5.65. The fourth-order valence-corrected chi connectivity index (χ4v) is 1.11. The number of hydrogen-bond acceptors (Lipinski definition) is 5. The molecule has 110 valence electrons. The summed E-state index contributed by atoms with van der Waals surface area (Å²) >= 11 is 0. The zero-order valence-corrected chi connectivity index (χ0v) is 10.6. The van der Waals surface area contributed by atoms with Gasteiger partial charge in [0, 0.05) is 26.7 Å². The van der Waals surface area contributed by atoms with Crippen molar-refractivity contribution in [3.8, 4) is 0 Å². The van der Waals surface area contributed by atoms with Crippen LogP contribution in [0.25, 0.3) is 0 Å². The number of carbonyl (C=O) groups excluding carboxylic acids is 2. The molecule has 19 heavy (non-hydrogen) atoms. The van der Waals surface area contributed by atoms with Gasteiger partial charge in [0.1, 0.15) is 6.04 Å². The minimum Gasteiger partial charge on any atom is -0.480 e. The van der Waals surface area contributed by atoms with Gasteiger partial charge in [-0.05, 0) is 0 Å². The Bertz CT molecular complexity index is 310. The minimum atomic E-state index is -1.26. The highest BCUT2D eigenvalue weighted by Crippen LogP contribution is 1.90. The lowest BCUT2D eigenvalue weighted by Gasteiger charge is -2.13. The number of aliphatic carboxylic acids is 1. The Morgan fingerprint density at radius 1 is 1.26 bits per heavy atom. The molecule has 1 atom stereocenters. The van der Waals surface area contributed by atoms with Crippen LogP contribution < -0.4 is 16.0 Å². The van der Waals surface area contributed by atoms with Crippen molar-refractivity contribution < 1.29 is 29.3 Å². The number of carboxylic acids is 1. The highest BCUT2D eigenvalue weighted by Gasteiger charge is 2.19. The number of urea groups is 1. The maximum Gasteiger partial charge on any atom is 0.326 e. The molecular weight excluding hydrogens is 258 g/mol. The third-order valence-electron chi connectivity index (χ3n) is 2.06. The molecule has 0 spiro atoms. The molecule has 0 aromatic rings. The van der Waals surface area contributed by atoms with Crippen LogP contribution in [0.2, 0.25) is 0 Å². The number of ether oxygens (including phenoxy) is 1. The summed E-state index contributed by atoms with van der Waals surface area (Å²) in [5.74, 6) is -1.67. The molecule has 0 aromatic heterocycles. The first-order chi connectivity index (χ1) is 9.01. The number of carboxylic acid groups (broad SMARTS) is 1. The van der Waals surface area contributed by atoms with Crippen molar-refractivity contribution in [3.63, 3.8) is 0 Å². The fraction of sp³-hybridized carbons (Fsp3) is 0.700. The van der Waals surface area contributed by atoms with Crippen LogP contribution >= 0.6 is 0 Å². The van der Waals surface area contributed by atoms with Crippen molar-refractivity contribution in [2.45, 2.75) is 12.5 Å². The summed E-state index contributed by atoms with van der Waals surface area (Å²) in [6.07, 6.45) is -0.108. The number of aliphatic hydroxyl groups is 1. The maximum absolute atomic E-state index is 11.3. The Labute approximate surface area is 110 Å². The third-order valence-corrected chi connectivity index (χ3v) is 2.06. The molecule has 0 unspecified atom stereocenters. The smallest absolute Gasteiger partial charge is 0.326 e. The summed E-state index contributed by atoms with van der Waals surface area (Å²) in [5.41, 5.74) is 0. The summed E-state index contributed by atoms with van der Waals surface area (Å²) in [4.78, 5) is 33.2. The Morgan fingerprint density at radius 2 is 1.95 bits per heavy atom. The second-order valence-corrected chi connectivity index (χ2v) is 3.57. The van der Waals surface area contributed by atoms with Crippen LogP contribution in [-0.2, 0) is 14.3 Å². The van der Waals surface area contributed by atoms with Gasteiger partial charge in [-0.25, -0.2) is 9.59 Å². The lowest BCUT2D eigenvalue weighted by Crippen LogP contribution is -2.48.